The maximum atomic E-state index is 6.51. The van der Waals surface area contributed by atoms with Crippen LogP contribution in [0.1, 0.15) is 77.1 Å². The highest BCUT2D eigenvalue weighted by Crippen LogP contribution is 2.31. The molecule has 0 heterocycles. The normalized spacial score (nSPS) is 15.2. The van der Waals surface area contributed by atoms with Crippen LogP contribution >= 0.6 is 0 Å². The van der Waals surface area contributed by atoms with Crippen molar-refractivity contribution < 1.29 is 0 Å². The first-order chi connectivity index (χ1) is 9.26. The van der Waals surface area contributed by atoms with Gasteiger partial charge in [0.15, 0.2) is 0 Å². The van der Waals surface area contributed by atoms with Gasteiger partial charge in [-0.3, -0.25) is 0 Å². The summed E-state index contributed by atoms with van der Waals surface area (Å²) in [6.45, 7) is 13.7. The third-order valence-corrected chi connectivity index (χ3v) is 4.02. The lowest BCUT2D eigenvalue weighted by atomic mass is 9.81. The molecule has 0 spiro atoms. The second kappa shape index (κ2) is 7.26. The van der Waals surface area contributed by atoms with E-state index in [0.29, 0.717) is 11.3 Å². The standard InChI is InChI=1S/C19H33N/c1-7-15-9-10-16(8-2)17(12-15)18(20)11-14(3)13-19(4,5)6/h9-10,12,14,18H,7-8,11,13,20H2,1-6H3. The van der Waals surface area contributed by atoms with Gasteiger partial charge in [0, 0.05) is 6.04 Å². The van der Waals surface area contributed by atoms with Crippen molar-refractivity contribution >= 4 is 0 Å². The molecule has 1 aromatic carbocycles. The number of benzene rings is 1. The third kappa shape index (κ3) is 5.28. The lowest BCUT2D eigenvalue weighted by Gasteiger charge is -2.26. The van der Waals surface area contributed by atoms with Crippen LogP contribution in [0.15, 0.2) is 18.2 Å². The molecule has 2 atom stereocenters. The molecule has 0 aliphatic carbocycles. The summed E-state index contributed by atoms with van der Waals surface area (Å²) in [6.07, 6.45) is 4.47. The van der Waals surface area contributed by atoms with Crippen molar-refractivity contribution in [2.24, 2.45) is 17.1 Å². The molecular weight excluding hydrogens is 242 g/mol. The molecule has 1 rings (SSSR count). The van der Waals surface area contributed by atoms with Crippen molar-refractivity contribution in [3.8, 4) is 0 Å². The Morgan fingerprint density at radius 2 is 1.75 bits per heavy atom. The molecule has 114 valence electrons. The van der Waals surface area contributed by atoms with Crippen molar-refractivity contribution in [1.82, 2.24) is 0 Å². The van der Waals surface area contributed by atoms with E-state index in [4.69, 9.17) is 5.73 Å². The zero-order valence-corrected chi connectivity index (χ0v) is 14.3. The fourth-order valence-corrected chi connectivity index (χ4v) is 3.22. The molecule has 0 amide bonds. The number of hydrogen-bond donors (Lipinski definition) is 1. The fourth-order valence-electron chi connectivity index (χ4n) is 3.22. The quantitative estimate of drug-likeness (QED) is 0.751. The van der Waals surface area contributed by atoms with Crippen LogP contribution in [0.25, 0.3) is 0 Å². The summed E-state index contributed by atoms with van der Waals surface area (Å²) in [5.74, 6) is 0.667. The smallest absolute Gasteiger partial charge is 0.0300 e. The predicted octanol–water partition coefficient (Wildman–Crippen LogP) is 5.27. The zero-order valence-electron chi connectivity index (χ0n) is 14.3. The SMILES string of the molecule is CCc1ccc(CC)c(C(N)CC(C)CC(C)(C)C)c1. The van der Waals surface area contributed by atoms with E-state index in [1.165, 1.54) is 23.1 Å². The third-order valence-electron chi connectivity index (χ3n) is 4.02. The second-order valence-electron chi connectivity index (χ2n) is 7.45. The highest BCUT2D eigenvalue weighted by Gasteiger charge is 2.19. The summed E-state index contributed by atoms with van der Waals surface area (Å²) < 4.78 is 0. The minimum atomic E-state index is 0.175. The van der Waals surface area contributed by atoms with Gasteiger partial charge >= 0.3 is 0 Å². The molecule has 0 radical (unpaired) electrons. The molecule has 0 aliphatic rings. The monoisotopic (exact) mass is 275 g/mol. The summed E-state index contributed by atoms with van der Waals surface area (Å²) >= 11 is 0. The topological polar surface area (TPSA) is 26.0 Å². The minimum absolute atomic E-state index is 0.175. The Morgan fingerprint density at radius 3 is 2.25 bits per heavy atom. The molecule has 2 unspecified atom stereocenters. The lowest BCUT2D eigenvalue weighted by molar-refractivity contribution is 0.286. The van der Waals surface area contributed by atoms with Crippen LogP contribution in [-0.4, -0.2) is 0 Å². The number of nitrogens with two attached hydrogens (primary N) is 1. The average Bonchev–Trinajstić information content (AvgIpc) is 2.35. The fraction of sp³-hybridized carbons (Fsp3) is 0.684. The second-order valence-corrected chi connectivity index (χ2v) is 7.45. The maximum absolute atomic E-state index is 6.51. The first-order valence-electron chi connectivity index (χ1n) is 8.14. The predicted molar refractivity (Wildman–Crippen MR) is 90.0 cm³/mol. The molecular formula is C19H33N. The van der Waals surface area contributed by atoms with Crippen LogP contribution in [0.5, 0.6) is 0 Å². The lowest BCUT2D eigenvalue weighted by Crippen LogP contribution is -2.19. The van der Waals surface area contributed by atoms with Gasteiger partial charge < -0.3 is 5.73 Å². The summed E-state index contributed by atoms with van der Waals surface area (Å²) in [7, 11) is 0. The van der Waals surface area contributed by atoms with E-state index >= 15 is 0 Å². The molecule has 0 bridgehead atoms. The van der Waals surface area contributed by atoms with Crippen LogP contribution < -0.4 is 5.73 Å². The molecule has 0 saturated heterocycles. The molecule has 1 aromatic rings. The van der Waals surface area contributed by atoms with Gasteiger partial charge in [0.25, 0.3) is 0 Å². The van der Waals surface area contributed by atoms with E-state index in [1.54, 1.807) is 0 Å². The molecule has 1 heteroatoms. The van der Waals surface area contributed by atoms with Gasteiger partial charge in [0.1, 0.15) is 0 Å². The zero-order chi connectivity index (χ0) is 15.3. The minimum Gasteiger partial charge on any atom is -0.324 e. The molecule has 0 aliphatic heterocycles. The summed E-state index contributed by atoms with van der Waals surface area (Å²) in [6, 6.07) is 7.01. The Balaban J connectivity index is 2.82. The van der Waals surface area contributed by atoms with E-state index in [9.17, 15) is 0 Å². The Hall–Kier alpha value is -0.820. The van der Waals surface area contributed by atoms with Gasteiger partial charge in [-0.1, -0.05) is 59.7 Å². The summed E-state index contributed by atoms with van der Waals surface area (Å²) in [5.41, 5.74) is 11.1. The molecule has 20 heavy (non-hydrogen) atoms. The Kier molecular flexibility index (Phi) is 6.26. The Bertz CT molecular complexity index is 414. The van der Waals surface area contributed by atoms with Crippen LogP contribution in [0, 0.1) is 11.3 Å². The van der Waals surface area contributed by atoms with E-state index in [-0.39, 0.29) is 6.04 Å². The van der Waals surface area contributed by atoms with Crippen molar-refractivity contribution in [3.05, 3.63) is 34.9 Å². The van der Waals surface area contributed by atoms with Crippen molar-refractivity contribution in [1.29, 1.82) is 0 Å². The van der Waals surface area contributed by atoms with Gasteiger partial charge in [0.05, 0.1) is 0 Å². The molecule has 0 aromatic heterocycles. The van der Waals surface area contributed by atoms with Gasteiger partial charge in [-0.15, -0.1) is 0 Å². The average molecular weight is 275 g/mol. The Labute approximate surface area is 126 Å². The molecule has 0 fully saturated rings. The highest BCUT2D eigenvalue weighted by molar-refractivity contribution is 5.34. The largest absolute Gasteiger partial charge is 0.324 e. The van der Waals surface area contributed by atoms with Crippen LogP contribution in [-0.2, 0) is 12.8 Å². The first kappa shape index (κ1) is 17.2. The number of aryl methyl sites for hydroxylation is 2. The molecule has 1 nitrogen and oxygen atoms in total. The van der Waals surface area contributed by atoms with Crippen LogP contribution in [0.4, 0.5) is 0 Å². The van der Waals surface area contributed by atoms with E-state index < -0.39 is 0 Å². The van der Waals surface area contributed by atoms with Gasteiger partial charge in [-0.25, -0.2) is 0 Å². The summed E-state index contributed by atoms with van der Waals surface area (Å²) in [4.78, 5) is 0. The maximum Gasteiger partial charge on any atom is 0.0300 e. The number of hydrogen-bond acceptors (Lipinski definition) is 1. The van der Waals surface area contributed by atoms with Crippen LogP contribution in [0.2, 0.25) is 0 Å². The van der Waals surface area contributed by atoms with Crippen LogP contribution in [0.3, 0.4) is 0 Å². The highest BCUT2D eigenvalue weighted by atomic mass is 14.6. The molecule has 0 saturated carbocycles. The van der Waals surface area contributed by atoms with E-state index in [1.807, 2.05) is 0 Å². The first-order valence-corrected chi connectivity index (χ1v) is 8.14. The number of rotatable bonds is 6. The van der Waals surface area contributed by atoms with Gasteiger partial charge in [-0.05, 0) is 53.7 Å². The van der Waals surface area contributed by atoms with Crippen molar-refractivity contribution in [2.45, 2.75) is 73.3 Å². The summed E-state index contributed by atoms with van der Waals surface area (Å²) in [5, 5.41) is 0. The Morgan fingerprint density at radius 1 is 1.10 bits per heavy atom. The van der Waals surface area contributed by atoms with Crippen molar-refractivity contribution in [3.63, 3.8) is 0 Å². The van der Waals surface area contributed by atoms with Gasteiger partial charge in [0.2, 0.25) is 0 Å². The van der Waals surface area contributed by atoms with E-state index in [2.05, 4.69) is 59.7 Å². The van der Waals surface area contributed by atoms with E-state index in [0.717, 1.165) is 19.3 Å². The van der Waals surface area contributed by atoms with Crippen molar-refractivity contribution in [2.75, 3.05) is 0 Å². The molecule has 2 N–H and O–H groups in total. The van der Waals surface area contributed by atoms with Gasteiger partial charge in [-0.2, -0.15) is 0 Å².